The molecule has 0 aliphatic rings. The highest BCUT2D eigenvalue weighted by Crippen LogP contribution is 2.17. The van der Waals surface area contributed by atoms with Gasteiger partial charge in [0.25, 0.3) is 0 Å². The van der Waals surface area contributed by atoms with Crippen LogP contribution >= 0.6 is 0 Å². The zero-order valence-electron chi connectivity index (χ0n) is 8.60. The molecule has 2 N–H and O–H groups in total. The van der Waals surface area contributed by atoms with Gasteiger partial charge in [-0.05, 0) is 18.6 Å². The van der Waals surface area contributed by atoms with Crippen molar-refractivity contribution in [2.24, 2.45) is 0 Å². The van der Waals surface area contributed by atoms with Crippen LogP contribution in [0.4, 0.5) is 0 Å². The molecule has 0 fully saturated rings. The summed E-state index contributed by atoms with van der Waals surface area (Å²) < 4.78 is 1.27. The van der Waals surface area contributed by atoms with Gasteiger partial charge in [0.15, 0.2) is 0 Å². The number of rotatable bonds is 2. The van der Waals surface area contributed by atoms with Gasteiger partial charge in [0.2, 0.25) is 0 Å². The molecule has 82 valence electrons. The first-order chi connectivity index (χ1) is 7.61. The molecule has 0 bridgehead atoms. The first-order valence-corrected chi connectivity index (χ1v) is 4.70. The Balaban J connectivity index is 2.76. The lowest BCUT2D eigenvalue weighted by atomic mass is 10.1. The second kappa shape index (κ2) is 3.69. The summed E-state index contributed by atoms with van der Waals surface area (Å²) in [6.07, 6.45) is 2.97. The highest BCUT2D eigenvalue weighted by atomic mass is 16.4. The summed E-state index contributed by atoms with van der Waals surface area (Å²) in [5.74, 6) is -1.04. The number of H-pyrrole nitrogens is 1. The second-order valence-electron chi connectivity index (χ2n) is 3.41. The van der Waals surface area contributed by atoms with E-state index in [0.717, 1.165) is 0 Å². The maximum Gasteiger partial charge on any atom is 0.338 e. The predicted molar refractivity (Wildman–Crippen MR) is 58.1 cm³/mol. The largest absolute Gasteiger partial charge is 0.478 e. The zero-order valence-corrected chi connectivity index (χ0v) is 8.60. The molecule has 5 nitrogen and oxygen atoms in total. The molecule has 0 radical (unpaired) electrons. The molecule has 1 aromatic heterocycles. The van der Waals surface area contributed by atoms with Crippen LogP contribution in [-0.2, 0) is 0 Å². The van der Waals surface area contributed by atoms with Gasteiger partial charge >= 0.3 is 11.7 Å². The van der Waals surface area contributed by atoms with E-state index in [1.165, 1.54) is 17.0 Å². The molecular formula is C11H10N2O3. The molecule has 1 aromatic carbocycles. The average molecular weight is 218 g/mol. The summed E-state index contributed by atoms with van der Waals surface area (Å²) in [4.78, 5) is 25.0. The van der Waals surface area contributed by atoms with Gasteiger partial charge in [0.1, 0.15) is 0 Å². The fraction of sp³-hybridized carbons (Fsp3) is 0.0909. The number of aromatic carboxylic acids is 1. The second-order valence-corrected chi connectivity index (χ2v) is 3.41. The van der Waals surface area contributed by atoms with Crippen molar-refractivity contribution >= 4 is 5.97 Å². The molecule has 5 heteroatoms. The summed E-state index contributed by atoms with van der Waals surface area (Å²) in [5, 5.41) is 9.11. The van der Waals surface area contributed by atoms with Gasteiger partial charge in [0.05, 0.1) is 11.3 Å². The Bertz CT molecular complexity index is 595. The predicted octanol–water partition coefficient (Wildman–Crippen LogP) is 1.17. The number of aromatic nitrogens is 2. The SMILES string of the molecule is Cc1cccc(-n2cc[nH]c2=O)c1C(=O)O. The van der Waals surface area contributed by atoms with Gasteiger partial charge < -0.3 is 10.1 Å². The Morgan fingerprint density at radius 1 is 1.44 bits per heavy atom. The monoisotopic (exact) mass is 218 g/mol. The van der Waals surface area contributed by atoms with Gasteiger partial charge in [0, 0.05) is 12.4 Å². The molecule has 16 heavy (non-hydrogen) atoms. The van der Waals surface area contributed by atoms with Crippen LogP contribution in [0.15, 0.2) is 35.4 Å². The third-order valence-corrected chi connectivity index (χ3v) is 2.37. The fourth-order valence-corrected chi connectivity index (χ4v) is 1.64. The Morgan fingerprint density at radius 3 is 2.75 bits per heavy atom. The van der Waals surface area contributed by atoms with E-state index in [9.17, 15) is 9.59 Å². The Morgan fingerprint density at radius 2 is 2.19 bits per heavy atom. The number of nitrogens with zero attached hydrogens (tertiary/aromatic N) is 1. The smallest absolute Gasteiger partial charge is 0.338 e. The first kappa shape index (κ1) is 10.2. The third kappa shape index (κ3) is 1.52. The molecule has 1 heterocycles. The number of benzene rings is 1. The van der Waals surface area contributed by atoms with E-state index in [1.54, 1.807) is 25.1 Å². The highest BCUT2D eigenvalue weighted by Gasteiger charge is 2.14. The maximum absolute atomic E-state index is 11.4. The van der Waals surface area contributed by atoms with Gasteiger partial charge in [-0.1, -0.05) is 12.1 Å². The number of aryl methyl sites for hydroxylation is 1. The number of aromatic amines is 1. The van der Waals surface area contributed by atoms with Crippen LogP contribution in [0.1, 0.15) is 15.9 Å². The summed E-state index contributed by atoms with van der Waals surface area (Å²) in [7, 11) is 0. The topological polar surface area (TPSA) is 75.1 Å². The number of hydrogen-bond acceptors (Lipinski definition) is 2. The summed E-state index contributed by atoms with van der Waals surface area (Å²) >= 11 is 0. The Hall–Kier alpha value is -2.30. The lowest BCUT2D eigenvalue weighted by Gasteiger charge is -2.08. The standard InChI is InChI=1S/C11H10N2O3/c1-7-3-2-4-8(9(7)10(14)15)13-6-5-12-11(13)16/h2-6H,1H3,(H,12,16)(H,14,15). The van der Waals surface area contributed by atoms with Crippen molar-refractivity contribution in [2.75, 3.05) is 0 Å². The van der Waals surface area contributed by atoms with Crippen LogP contribution in [0, 0.1) is 6.92 Å². The van der Waals surface area contributed by atoms with E-state index in [1.807, 2.05) is 0 Å². The Kier molecular flexibility index (Phi) is 2.36. The molecule has 0 saturated heterocycles. The van der Waals surface area contributed by atoms with Crippen LogP contribution in [0.2, 0.25) is 0 Å². The van der Waals surface area contributed by atoms with E-state index in [-0.39, 0.29) is 11.3 Å². The van der Waals surface area contributed by atoms with Crippen molar-refractivity contribution in [3.63, 3.8) is 0 Å². The quantitative estimate of drug-likeness (QED) is 0.794. The summed E-state index contributed by atoms with van der Waals surface area (Å²) in [6, 6.07) is 5.02. The van der Waals surface area contributed by atoms with Crippen molar-refractivity contribution in [1.29, 1.82) is 0 Å². The average Bonchev–Trinajstić information content (AvgIpc) is 2.63. The van der Waals surface area contributed by atoms with Crippen molar-refractivity contribution in [3.05, 3.63) is 52.2 Å². The minimum Gasteiger partial charge on any atom is -0.478 e. The van der Waals surface area contributed by atoms with E-state index in [0.29, 0.717) is 11.3 Å². The summed E-state index contributed by atoms with van der Waals surface area (Å²) in [6.45, 7) is 1.70. The summed E-state index contributed by atoms with van der Waals surface area (Å²) in [5.41, 5.74) is 0.786. The van der Waals surface area contributed by atoms with Crippen LogP contribution in [0.3, 0.4) is 0 Å². The number of nitrogens with one attached hydrogen (secondary N) is 1. The molecule has 0 aliphatic carbocycles. The van der Waals surface area contributed by atoms with Crippen LogP contribution in [0.5, 0.6) is 0 Å². The number of carboxylic acid groups (broad SMARTS) is 1. The molecule has 2 aromatic rings. The lowest BCUT2D eigenvalue weighted by Crippen LogP contribution is -2.17. The first-order valence-electron chi connectivity index (χ1n) is 4.70. The van der Waals surface area contributed by atoms with Crippen LogP contribution < -0.4 is 5.69 Å². The van der Waals surface area contributed by atoms with Crippen LogP contribution in [0.25, 0.3) is 5.69 Å². The zero-order chi connectivity index (χ0) is 11.7. The van der Waals surface area contributed by atoms with Gasteiger partial charge in [-0.3, -0.25) is 4.57 Å². The Labute approximate surface area is 91.0 Å². The molecule has 0 saturated carbocycles. The molecule has 2 rings (SSSR count). The lowest BCUT2D eigenvalue weighted by molar-refractivity contribution is 0.0696. The van der Waals surface area contributed by atoms with Crippen molar-refractivity contribution in [1.82, 2.24) is 9.55 Å². The molecule has 0 amide bonds. The fourth-order valence-electron chi connectivity index (χ4n) is 1.64. The van der Waals surface area contributed by atoms with Crippen molar-refractivity contribution < 1.29 is 9.90 Å². The number of imidazole rings is 1. The minimum atomic E-state index is -1.04. The number of carbonyl (C=O) groups is 1. The molecule has 0 spiro atoms. The van der Waals surface area contributed by atoms with Gasteiger partial charge in [-0.15, -0.1) is 0 Å². The number of hydrogen-bond donors (Lipinski definition) is 2. The number of carboxylic acids is 1. The van der Waals surface area contributed by atoms with E-state index >= 15 is 0 Å². The van der Waals surface area contributed by atoms with E-state index < -0.39 is 5.97 Å². The minimum absolute atomic E-state index is 0.143. The molecule has 0 unspecified atom stereocenters. The molecule has 0 aliphatic heterocycles. The van der Waals surface area contributed by atoms with Crippen molar-refractivity contribution in [2.45, 2.75) is 6.92 Å². The van der Waals surface area contributed by atoms with E-state index in [4.69, 9.17) is 5.11 Å². The van der Waals surface area contributed by atoms with Gasteiger partial charge in [-0.2, -0.15) is 0 Å². The van der Waals surface area contributed by atoms with Gasteiger partial charge in [-0.25, -0.2) is 9.59 Å². The molecule has 0 atom stereocenters. The normalized spacial score (nSPS) is 10.3. The van der Waals surface area contributed by atoms with Crippen molar-refractivity contribution in [3.8, 4) is 5.69 Å². The highest BCUT2D eigenvalue weighted by molar-refractivity contribution is 5.93. The van der Waals surface area contributed by atoms with Crippen LogP contribution in [-0.4, -0.2) is 20.6 Å². The molecular weight excluding hydrogens is 208 g/mol. The van der Waals surface area contributed by atoms with E-state index in [2.05, 4.69) is 4.98 Å². The maximum atomic E-state index is 11.4. The third-order valence-electron chi connectivity index (χ3n) is 2.37.